The number of benzene rings is 3. The molecule has 2 amide bonds. The van der Waals surface area contributed by atoms with Crippen LogP contribution in [0.5, 0.6) is 5.75 Å². The summed E-state index contributed by atoms with van der Waals surface area (Å²) in [5.41, 5.74) is 3.26. The topological polar surface area (TPSA) is 67.4 Å². The van der Waals surface area contributed by atoms with E-state index in [1.807, 2.05) is 61.5 Å². The molecule has 166 valence electrons. The lowest BCUT2D eigenvalue weighted by Crippen LogP contribution is -2.33. The largest absolute Gasteiger partial charge is 0.481 e. The molecule has 5 nitrogen and oxygen atoms in total. The minimum Gasteiger partial charge on any atom is -0.481 e. The first-order valence-electron chi connectivity index (χ1n) is 11.1. The van der Waals surface area contributed by atoms with Gasteiger partial charge in [0.2, 0.25) is 0 Å². The standard InChI is InChI=1S/C27H30N2O3/c1-3-20-14-16-22(17-15-20)32-25(4-2)27(31)29-24-13-9-8-12-23(24)26(30)28-19-18-21-10-6-5-7-11-21/h5-17,25H,3-4,18-19H2,1-2H3,(H,28,30)(H,29,31). The fourth-order valence-electron chi connectivity index (χ4n) is 3.35. The quantitative estimate of drug-likeness (QED) is 0.475. The molecule has 3 aromatic rings. The van der Waals surface area contributed by atoms with Crippen LogP contribution in [0.25, 0.3) is 0 Å². The SMILES string of the molecule is CCc1ccc(OC(CC)C(=O)Nc2ccccc2C(=O)NCCc2ccccc2)cc1. The minimum atomic E-state index is -0.656. The summed E-state index contributed by atoms with van der Waals surface area (Å²) in [4.78, 5) is 25.6. The molecule has 0 spiro atoms. The lowest BCUT2D eigenvalue weighted by molar-refractivity contribution is -0.122. The number of carbonyl (C=O) groups excluding carboxylic acids is 2. The zero-order valence-corrected chi connectivity index (χ0v) is 18.6. The molecule has 3 aromatic carbocycles. The Morgan fingerprint density at radius 1 is 0.844 bits per heavy atom. The van der Waals surface area contributed by atoms with E-state index in [1.165, 1.54) is 5.56 Å². The molecule has 0 saturated heterocycles. The highest BCUT2D eigenvalue weighted by molar-refractivity contribution is 6.04. The fraction of sp³-hybridized carbons (Fsp3) is 0.259. The number of amides is 2. The van der Waals surface area contributed by atoms with Crippen molar-refractivity contribution in [2.24, 2.45) is 0 Å². The number of carbonyl (C=O) groups is 2. The molecule has 0 bridgehead atoms. The van der Waals surface area contributed by atoms with Crippen LogP contribution in [0.3, 0.4) is 0 Å². The van der Waals surface area contributed by atoms with Gasteiger partial charge in [-0.1, -0.05) is 68.4 Å². The number of aryl methyl sites for hydroxylation is 1. The summed E-state index contributed by atoms with van der Waals surface area (Å²) >= 11 is 0. The van der Waals surface area contributed by atoms with Crippen molar-refractivity contribution in [1.82, 2.24) is 5.32 Å². The first kappa shape index (κ1) is 23.1. The van der Waals surface area contributed by atoms with E-state index < -0.39 is 6.10 Å². The van der Waals surface area contributed by atoms with E-state index in [0.717, 1.165) is 18.4 Å². The summed E-state index contributed by atoms with van der Waals surface area (Å²) < 4.78 is 5.90. The summed E-state index contributed by atoms with van der Waals surface area (Å²) in [5, 5.41) is 5.80. The summed E-state index contributed by atoms with van der Waals surface area (Å²) in [7, 11) is 0. The first-order chi connectivity index (χ1) is 15.6. The van der Waals surface area contributed by atoms with Crippen molar-refractivity contribution in [1.29, 1.82) is 0 Å². The predicted octanol–water partition coefficient (Wildman–Crippen LogP) is 5.02. The van der Waals surface area contributed by atoms with Gasteiger partial charge in [-0.3, -0.25) is 9.59 Å². The van der Waals surface area contributed by atoms with Gasteiger partial charge in [-0.2, -0.15) is 0 Å². The smallest absolute Gasteiger partial charge is 0.265 e. The van der Waals surface area contributed by atoms with Gasteiger partial charge in [0.05, 0.1) is 11.3 Å². The zero-order chi connectivity index (χ0) is 22.8. The van der Waals surface area contributed by atoms with Crippen molar-refractivity contribution in [3.8, 4) is 5.75 Å². The molecule has 0 aliphatic heterocycles. The number of hydrogen-bond acceptors (Lipinski definition) is 3. The summed E-state index contributed by atoms with van der Waals surface area (Å²) in [6.07, 6.45) is 1.54. The van der Waals surface area contributed by atoms with Crippen LogP contribution in [0.15, 0.2) is 78.9 Å². The van der Waals surface area contributed by atoms with Gasteiger partial charge < -0.3 is 15.4 Å². The molecule has 0 fully saturated rings. The second-order valence-corrected chi connectivity index (χ2v) is 7.54. The molecule has 2 N–H and O–H groups in total. The molecule has 0 heterocycles. The van der Waals surface area contributed by atoms with Crippen LogP contribution < -0.4 is 15.4 Å². The van der Waals surface area contributed by atoms with Crippen molar-refractivity contribution < 1.29 is 14.3 Å². The third-order valence-corrected chi connectivity index (χ3v) is 5.24. The molecule has 0 aromatic heterocycles. The van der Waals surface area contributed by atoms with Crippen LogP contribution in [0, 0.1) is 0 Å². The van der Waals surface area contributed by atoms with E-state index in [9.17, 15) is 9.59 Å². The highest BCUT2D eigenvalue weighted by Crippen LogP contribution is 2.19. The van der Waals surface area contributed by atoms with Crippen LogP contribution in [0.4, 0.5) is 5.69 Å². The highest BCUT2D eigenvalue weighted by Gasteiger charge is 2.21. The van der Waals surface area contributed by atoms with Crippen molar-refractivity contribution in [3.63, 3.8) is 0 Å². The third kappa shape index (κ3) is 6.45. The average Bonchev–Trinajstić information content (AvgIpc) is 2.83. The number of anilines is 1. The van der Waals surface area contributed by atoms with Crippen LogP contribution in [0.2, 0.25) is 0 Å². The molecule has 0 saturated carbocycles. The number of rotatable bonds is 10. The normalized spacial score (nSPS) is 11.4. The molecule has 1 unspecified atom stereocenters. The minimum absolute atomic E-state index is 0.221. The average molecular weight is 431 g/mol. The number of ether oxygens (including phenoxy) is 1. The van der Waals surface area contributed by atoms with Gasteiger partial charge in [-0.15, -0.1) is 0 Å². The van der Waals surface area contributed by atoms with Gasteiger partial charge in [-0.05, 0) is 54.7 Å². The van der Waals surface area contributed by atoms with E-state index in [1.54, 1.807) is 24.3 Å². The molecule has 3 rings (SSSR count). The van der Waals surface area contributed by atoms with Crippen LogP contribution >= 0.6 is 0 Å². The van der Waals surface area contributed by atoms with E-state index in [0.29, 0.717) is 30.0 Å². The van der Waals surface area contributed by atoms with Crippen LogP contribution in [-0.2, 0) is 17.6 Å². The molecule has 32 heavy (non-hydrogen) atoms. The molecule has 5 heteroatoms. The van der Waals surface area contributed by atoms with Crippen LogP contribution in [0.1, 0.15) is 41.8 Å². The Balaban J connectivity index is 1.61. The molecule has 1 atom stereocenters. The molecule has 0 aliphatic carbocycles. The van der Waals surface area contributed by atoms with Gasteiger partial charge in [0.25, 0.3) is 11.8 Å². The molecular formula is C27H30N2O3. The van der Waals surface area contributed by atoms with Crippen LogP contribution in [-0.4, -0.2) is 24.5 Å². The van der Waals surface area contributed by atoms with E-state index in [4.69, 9.17) is 4.74 Å². The second-order valence-electron chi connectivity index (χ2n) is 7.54. The Labute approximate surface area is 189 Å². The van der Waals surface area contributed by atoms with Crippen molar-refractivity contribution in [3.05, 3.63) is 95.6 Å². The van der Waals surface area contributed by atoms with Crippen molar-refractivity contribution >= 4 is 17.5 Å². The summed E-state index contributed by atoms with van der Waals surface area (Å²) in [6.45, 7) is 4.50. The van der Waals surface area contributed by atoms with Crippen molar-refractivity contribution in [2.75, 3.05) is 11.9 Å². The van der Waals surface area contributed by atoms with Crippen molar-refractivity contribution in [2.45, 2.75) is 39.2 Å². The maximum Gasteiger partial charge on any atom is 0.265 e. The Bertz CT molecular complexity index is 1020. The predicted molar refractivity (Wildman–Crippen MR) is 128 cm³/mol. The van der Waals surface area contributed by atoms with E-state index in [-0.39, 0.29) is 11.8 Å². The third-order valence-electron chi connectivity index (χ3n) is 5.24. The summed E-state index contributed by atoms with van der Waals surface area (Å²) in [6, 6.07) is 24.7. The molecule has 0 radical (unpaired) electrons. The maximum atomic E-state index is 12.9. The zero-order valence-electron chi connectivity index (χ0n) is 18.6. The Morgan fingerprint density at radius 2 is 1.53 bits per heavy atom. The summed E-state index contributed by atoms with van der Waals surface area (Å²) in [5.74, 6) is 0.147. The highest BCUT2D eigenvalue weighted by atomic mass is 16.5. The molecule has 0 aliphatic rings. The lowest BCUT2D eigenvalue weighted by atomic mass is 10.1. The number of nitrogens with one attached hydrogen (secondary N) is 2. The van der Waals surface area contributed by atoms with Gasteiger partial charge >= 0.3 is 0 Å². The van der Waals surface area contributed by atoms with Gasteiger partial charge in [-0.25, -0.2) is 0 Å². The Morgan fingerprint density at radius 3 is 2.22 bits per heavy atom. The fourth-order valence-corrected chi connectivity index (χ4v) is 3.35. The Kier molecular flexibility index (Phi) is 8.44. The van der Waals surface area contributed by atoms with Gasteiger partial charge in [0.1, 0.15) is 5.75 Å². The monoisotopic (exact) mass is 430 g/mol. The molecular weight excluding hydrogens is 400 g/mol. The van der Waals surface area contributed by atoms with Gasteiger partial charge in [0.15, 0.2) is 6.10 Å². The second kappa shape index (κ2) is 11.7. The first-order valence-corrected chi connectivity index (χ1v) is 11.1. The lowest BCUT2D eigenvalue weighted by Gasteiger charge is -2.18. The van der Waals surface area contributed by atoms with Gasteiger partial charge in [0, 0.05) is 6.54 Å². The van der Waals surface area contributed by atoms with E-state index in [2.05, 4.69) is 17.6 Å². The number of para-hydroxylation sites is 1. The van der Waals surface area contributed by atoms with E-state index >= 15 is 0 Å². The number of hydrogen-bond donors (Lipinski definition) is 2. The Hall–Kier alpha value is -3.60. The maximum absolute atomic E-state index is 12.9.